The minimum atomic E-state index is -2.20. The number of carbonyl (C=O) groups excluding carboxylic acids is 5. The molecule has 13 heteroatoms. The summed E-state index contributed by atoms with van der Waals surface area (Å²) in [6.45, 7) is 17.2. The molecule has 1 saturated heterocycles. The lowest BCUT2D eigenvalue weighted by Crippen LogP contribution is -2.81. The molecule has 3 aromatic rings. The largest absolute Gasteiger partial charge is 0.487 e. The van der Waals surface area contributed by atoms with Crippen molar-refractivity contribution in [1.82, 2.24) is 5.32 Å². The maximum atomic E-state index is 15.8. The van der Waals surface area contributed by atoms with Gasteiger partial charge in [0.25, 0.3) is 5.91 Å². The van der Waals surface area contributed by atoms with Crippen molar-refractivity contribution in [3.05, 3.63) is 131 Å². The first-order valence-corrected chi connectivity index (χ1v) is 22.3. The number of carbonyl (C=O) groups is 5. The number of amides is 1. The second kappa shape index (κ2) is 18.1. The SMILES string of the molecule is C=C(C)O[C@@]12CO[C@@H]1C[C@H](O)[C@@]1(C)C(=O)[C@H](CC(C)=O)C3=C(C)[C@@H](OC(=O)[C@H](OC(C)C)[C@@H](NC(=O)c4ccccc4)c4ccccc4)C[C@@](O)([C@@H](OC(=O)c4ccccc4)[C@H]21)C3(C)C. The van der Waals surface area contributed by atoms with Crippen molar-refractivity contribution >= 4 is 29.4 Å². The van der Waals surface area contributed by atoms with E-state index in [1.165, 1.54) is 6.92 Å². The first kappa shape index (κ1) is 47.5. The van der Waals surface area contributed by atoms with Gasteiger partial charge in [0.15, 0.2) is 11.7 Å². The normalized spacial score (nSPS) is 31.1. The molecule has 4 aliphatic rings. The minimum Gasteiger partial charge on any atom is -0.487 e. The maximum absolute atomic E-state index is 15.8. The van der Waals surface area contributed by atoms with Gasteiger partial charge < -0.3 is 39.2 Å². The molecule has 13 nitrogen and oxygen atoms in total. The van der Waals surface area contributed by atoms with Crippen LogP contribution in [0.2, 0.25) is 0 Å². The molecule has 0 unspecified atom stereocenters. The molecule has 7 rings (SSSR count). The highest BCUT2D eigenvalue weighted by Crippen LogP contribution is 2.65. The first-order valence-electron chi connectivity index (χ1n) is 22.3. The van der Waals surface area contributed by atoms with Crippen LogP contribution >= 0.6 is 0 Å². The molecule has 1 heterocycles. The Hall–Kier alpha value is -5.47. The number of Topliss-reactive ketones (excluding diaryl/α,β-unsaturated/α-hetero) is 2. The number of benzene rings is 3. The van der Waals surface area contributed by atoms with E-state index in [1.807, 2.05) is 0 Å². The summed E-state index contributed by atoms with van der Waals surface area (Å²) in [7, 11) is 0. The van der Waals surface area contributed by atoms with Crippen molar-refractivity contribution < 1.29 is 57.9 Å². The van der Waals surface area contributed by atoms with Gasteiger partial charge in [-0.25, -0.2) is 9.59 Å². The number of allylic oxidation sites excluding steroid dienone is 1. The van der Waals surface area contributed by atoms with Crippen LogP contribution in [0.15, 0.2) is 114 Å². The van der Waals surface area contributed by atoms with E-state index in [0.717, 1.165) is 0 Å². The molecule has 11 atom stereocenters. The number of aliphatic hydroxyl groups excluding tert-OH is 1. The lowest BCUT2D eigenvalue weighted by atomic mass is 9.43. The highest BCUT2D eigenvalue weighted by Gasteiger charge is 2.77. The third kappa shape index (κ3) is 8.37. The van der Waals surface area contributed by atoms with Crippen LogP contribution in [-0.2, 0) is 38.1 Å². The molecule has 1 amide bonds. The summed E-state index contributed by atoms with van der Waals surface area (Å²) < 4.78 is 32.1. The molecular formula is C52H61NO12. The van der Waals surface area contributed by atoms with E-state index >= 15 is 9.59 Å². The van der Waals surface area contributed by atoms with Crippen LogP contribution in [0.4, 0.5) is 0 Å². The fourth-order valence-electron chi connectivity index (χ4n) is 11.1. The standard InChI is InChI=1S/C52H61NO12/c1-29(2)62-42(41(33-19-13-10-14-20-33)53-46(57)34-21-15-11-16-22-34)48(59)63-37-27-52(60)45(64-47(58)35-23-17-12-18-24-35)43-50(9,38(55)26-39-51(43,28-61-39)65-30(3)4)44(56)36(25-31(5)54)40(32(37)6)49(52,7)8/h10-24,29,36-39,41-43,45,55,60H,3,25-28H2,1-2,4-9H3,(H,53,57)/t36-,37+,38+,39-,41+,42-,43+,45+,50-,51+,52-/m1/s1. The van der Waals surface area contributed by atoms with Crippen LogP contribution in [0.5, 0.6) is 0 Å². The first-order chi connectivity index (χ1) is 30.7. The summed E-state index contributed by atoms with van der Waals surface area (Å²) >= 11 is 0. The third-order valence-corrected chi connectivity index (χ3v) is 14.3. The van der Waals surface area contributed by atoms with Crippen molar-refractivity contribution in [2.24, 2.45) is 22.7 Å². The van der Waals surface area contributed by atoms with E-state index in [2.05, 4.69) is 11.9 Å². The number of aliphatic hydroxyl groups is 2. The number of hydrogen-bond donors (Lipinski definition) is 3. The Labute approximate surface area is 380 Å². The van der Waals surface area contributed by atoms with Crippen molar-refractivity contribution in [2.45, 2.75) is 129 Å². The molecule has 0 aromatic heterocycles. The Morgan fingerprint density at radius 1 is 0.892 bits per heavy atom. The summed E-state index contributed by atoms with van der Waals surface area (Å²) in [5.74, 6) is -5.27. The third-order valence-electron chi connectivity index (χ3n) is 14.3. The summed E-state index contributed by atoms with van der Waals surface area (Å²) in [4.78, 5) is 72.5. The number of esters is 2. The molecule has 0 radical (unpaired) electrons. The van der Waals surface area contributed by atoms with Gasteiger partial charge >= 0.3 is 11.9 Å². The Balaban J connectivity index is 1.42. The summed E-state index contributed by atoms with van der Waals surface area (Å²) in [6, 6.07) is 24.6. The zero-order chi connectivity index (χ0) is 47.2. The van der Waals surface area contributed by atoms with Gasteiger partial charge in [-0.05, 0) is 82.5 Å². The lowest BCUT2D eigenvalue weighted by molar-refractivity contribution is -0.347. The fourth-order valence-corrected chi connectivity index (χ4v) is 11.1. The minimum absolute atomic E-state index is 0.0289. The van der Waals surface area contributed by atoms with E-state index in [1.54, 1.807) is 139 Å². The van der Waals surface area contributed by atoms with E-state index in [0.29, 0.717) is 22.3 Å². The van der Waals surface area contributed by atoms with Crippen LogP contribution in [0.25, 0.3) is 0 Å². The number of ketones is 2. The zero-order valence-corrected chi connectivity index (χ0v) is 38.4. The average Bonchev–Trinajstić information content (AvgIpc) is 3.26. The smallest absolute Gasteiger partial charge is 0.338 e. The molecule has 3 aromatic carbocycles. The monoisotopic (exact) mass is 891 g/mol. The lowest BCUT2D eigenvalue weighted by Gasteiger charge is -2.68. The number of fused-ring (bicyclic) bond motifs is 5. The van der Waals surface area contributed by atoms with Gasteiger partial charge in [0.05, 0.1) is 47.5 Å². The van der Waals surface area contributed by atoms with Crippen LogP contribution in [0.3, 0.4) is 0 Å². The van der Waals surface area contributed by atoms with Crippen molar-refractivity contribution in [3.8, 4) is 0 Å². The highest BCUT2D eigenvalue weighted by atomic mass is 16.6. The Kier molecular flexibility index (Phi) is 13.2. The highest BCUT2D eigenvalue weighted by molar-refractivity contribution is 5.96. The number of rotatable bonds is 14. The molecule has 3 aliphatic carbocycles. The summed E-state index contributed by atoms with van der Waals surface area (Å²) in [5, 5.41) is 29.2. The van der Waals surface area contributed by atoms with Gasteiger partial charge in [-0.1, -0.05) is 87.2 Å². The van der Waals surface area contributed by atoms with Crippen molar-refractivity contribution in [2.75, 3.05) is 6.61 Å². The molecule has 2 saturated carbocycles. The Bertz CT molecular complexity index is 2350. The van der Waals surface area contributed by atoms with Gasteiger partial charge in [0.1, 0.15) is 35.5 Å². The van der Waals surface area contributed by atoms with Crippen LogP contribution in [0.1, 0.15) is 107 Å². The molecule has 1 aliphatic heterocycles. The second-order valence-electron chi connectivity index (χ2n) is 19.2. The van der Waals surface area contributed by atoms with Crippen LogP contribution in [0, 0.1) is 22.7 Å². The molecule has 3 N–H and O–H groups in total. The van der Waals surface area contributed by atoms with Crippen LogP contribution < -0.4 is 5.32 Å². The molecule has 346 valence electrons. The van der Waals surface area contributed by atoms with Gasteiger partial charge in [-0.2, -0.15) is 0 Å². The summed E-state index contributed by atoms with van der Waals surface area (Å²) in [6.07, 6.45) is -7.80. The number of nitrogens with one attached hydrogen (secondary N) is 1. The number of ether oxygens (including phenoxy) is 5. The van der Waals surface area contributed by atoms with E-state index in [9.17, 15) is 24.6 Å². The maximum Gasteiger partial charge on any atom is 0.338 e. The van der Waals surface area contributed by atoms with E-state index in [4.69, 9.17) is 23.7 Å². The molecule has 2 bridgehead atoms. The topological polar surface area (TPSA) is 184 Å². The zero-order valence-electron chi connectivity index (χ0n) is 38.4. The molecule has 65 heavy (non-hydrogen) atoms. The predicted molar refractivity (Wildman–Crippen MR) is 239 cm³/mol. The second-order valence-corrected chi connectivity index (χ2v) is 19.2. The summed E-state index contributed by atoms with van der Waals surface area (Å²) in [5.41, 5.74) is -5.12. The van der Waals surface area contributed by atoms with Crippen molar-refractivity contribution in [1.29, 1.82) is 0 Å². The van der Waals surface area contributed by atoms with Gasteiger partial charge in [-0.3, -0.25) is 14.4 Å². The Morgan fingerprint density at radius 3 is 2.02 bits per heavy atom. The van der Waals surface area contributed by atoms with Gasteiger partial charge in [-0.15, -0.1) is 0 Å². The van der Waals surface area contributed by atoms with E-state index < -0.39 is 100 Å². The van der Waals surface area contributed by atoms with E-state index in [-0.39, 0.29) is 43.0 Å². The number of hydrogen-bond acceptors (Lipinski definition) is 12. The average molecular weight is 892 g/mol. The molecular weight excluding hydrogens is 831 g/mol. The van der Waals surface area contributed by atoms with Crippen LogP contribution in [-0.4, -0.2) is 94.1 Å². The quantitative estimate of drug-likeness (QED) is 0.0874. The predicted octanol–water partition coefficient (Wildman–Crippen LogP) is 6.82. The van der Waals surface area contributed by atoms with Crippen molar-refractivity contribution in [3.63, 3.8) is 0 Å². The Morgan fingerprint density at radius 2 is 1.48 bits per heavy atom. The van der Waals surface area contributed by atoms with Gasteiger partial charge in [0, 0.05) is 36.2 Å². The van der Waals surface area contributed by atoms with Gasteiger partial charge in [0.2, 0.25) is 0 Å². The molecule has 3 fully saturated rings. The molecule has 0 spiro atoms. The fraction of sp³-hybridized carbons (Fsp3) is 0.481.